The number of benzene rings is 1. The fourth-order valence-electron chi connectivity index (χ4n) is 4.94. The van der Waals surface area contributed by atoms with Crippen LogP contribution >= 0.6 is 0 Å². The van der Waals surface area contributed by atoms with Crippen molar-refractivity contribution in [3.63, 3.8) is 0 Å². The molecule has 0 aliphatic heterocycles. The normalized spacial score (nSPS) is 30.7. The Kier molecular flexibility index (Phi) is 6.70. The molecule has 1 aromatic rings. The van der Waals surface area contributed by atoms with E-state index in [0.717, 1.165) is 29.9 Å². The summed E-state index contributed by atoms with van der Waals surface area (Å²) in [6, 6.07) is 5.86. The van der Waals surface area contributed by atoms with E-state index in [1.165, 1.54) is 56.9 Å². The smallest absolute Gasteiger partial charge is 0.126 e. The van der Waals surface area contributed by atoms with E-state index in [2.05, 4.69) is 18.2 Å². The van der Waals surface area contributed by atoms with Crippen LogP contribution in [-0.2, 0) is 4.74 Å². The summed E-state index contributed by atoms with van der Waals surface area (Å²) >= 11 is 0. The number of allylic oxidation sites excluding steroid dienone is 1. The Morgan fingerprint density at radius 2 is 1.64 bits per heavy atom. The van der Waals surface area contributed by atoms with E-state index in [1.54, 1.807) is 13.2 Å². The number of aryl methyl sites for hydroxylation is 1. The molecule has 2 aliphatic carbocycles. The van der Waals surface area contributed by atoms with Crippen molar-refractivity contribution < 1.29 is 9.13 Å². The Bertz CT molecular complexity index is 563. The zero-order chi connectivity index (χ0) is 17.6. The van der Waals surface area contributed by atoms with Gasteiger partial charge in [0.15, 0.2) is 0 Å². The Morgan fingerprint density at radius 1 is 1.00 bits per heavy atom. The van der Waals surface area contributed by atoms with Gasteiger partial charge in [-0.2, -0.15) is 0 Å². The third-order valence-corrected chi connectivity index (χ3v) is 6.59. The fourth-order valence-corrected chi connectivity index (χ4v) is 4.94. The van der Waals surface area contributed by atoms with Gasteiger partial charge in [0.25, 0.3) is 0 Å². The van der Waals surface area contributed by atoms with Gasteiger partial charge in [0, 0.05) is 7.11 Å². The molecule has 138 valence electrons. The number of hydrogen-bond acceptors (Lipinski definition) is 1. The highest BCUT2D eigenvalue weighted by atomic mass is 19.1. The van der Waals surface area contributed by atoms with Gasteiger partial charge >= 0.3 is 0 Å². The van der Waals surface area contributed by atoms with Crippen molar-refractivity contribution in [2.45, 2.75) is 64.2 Å². The maximum atomic E-state index is 13.8. The molecule has 0 aromatic heterocycles. The second kappa shape index (κ2) is 8.98. The second-order valence-corrected chi connectivity index (χ2v) is 8.18. The highest BCUT2D eigenvalue weighted by Crippen LogP contribution is 2.44. The first-order chi connectivity index (χ1) is 12.2. The maximum Gasteiger partial charge on any atom is 0.126 e. The molecule has 0 N–H and O–H groups in total. The summed E-state index contributed by atoms with van der Waals surface area (Å²) in [7, 11) is 1.75. The molecular formula is C23H33FO. The summed E-state index contributed by atoms with van der Waals surface area (Å²) in [5, 5.41) is 0. The topological polar surface area (TPSA) is 9.23 Å². The van der Waals surface area contributed by atoms with Gasteiger partial charge in [-0.3, -0.25) is 0 Å². The first-order valence-corrected chi connectivity index (χ1v) is 10.1. The fraction of sp³-hybridized carbons (Fsp3) is 0.652. The van der Waals surface area contributed by atoms with Crippen LogP contribution in [0.1, 0.15) is 68.4 Å². The highest BCUT2D eigenvalue weighted by molar-refractivity contribution is 5.26. The molecule has 2 heteroatoms. The van der Waals surface area contributed by atoms with Gasteiger partial charge in [-0.1, -0.05) is 24.3 Å². The van der Waals surface area contributed by atoms with Crippen molar-refractivity contribution in [2.24, 2.45) is 17.8 Å². The molecule has 0 heterocycles. The number of methoxy groups -OCH3 is 1. The molecule has 0 radical (unpaired) electrons. The van der Waals surface area contributed by atoms with Crippen molar-refractivity contribution in [1.82, 2.24) is 0 Å². The van der Waals surface area contributed by atoms with E-state index < -0.39 is 0 Å². The lowest BCUT2D eigenvalue weighted by molar-refractivity contribution is 0.171. The third-order valence-electron chi connectivity index (χ3n) is 6.59. The van der Waals surface area contributed by atoms with E-state index in [4.69, 9.17) is 4.74 Å². The van der Waals surface area contributed by atoms with Gasteiger partial charge in [0.1, 0.15) is 5.82 Å². The van der Waals surface area contributed by atoms with E-state index in [9.17, 15) is 4.39 Å². The molecule has 0 atom stereocenters. The number of rotatable bonds is 5. The second-order valence-electron chi connectivity index (χ2n) is 8.18. The molecule has 0 saturated heterocycles. The Balaban J connectivity index is 1.46. The molecule has 25 heavy (non-hydrogen) atoms. The van der Waals surface area contributed by atoms with Crippen LogP contribution in [0, 0.1) is 30.5 Å². The van der Waals surface area contributed by atoms with Gasteiger partial charge in [-0.05, 0) is 99.2 Å². The molecule has 0 amide bonds. The molecule has 0 spiro atoms. The molecule has 2 aliphatic rings. The minimum absolute atomic E-state index is 0.0422. The lowest BCUT2D eigenvalue weighted by atomic mass is 9.68. The molecule has 3 rings (SSSR count). The van der Waals surface area contributed by atoms with Crippen LogP contribution < -0.4 is 0 Å². The van der Waals surface area contributed by atoms with Crippen LogP contribution in [0.15, 0.2) is 30.4 Å². The Morgan fingerprint density at radius 3 is 2.24 bits per heavy atom. The third kappa shape index (κ3) is 4.94. The minimum atomic E-state index is -0.0422. The SMILES string of the molecule is COCC=C[C@H]1CC[C@H]([C@H]2CC[C@H](c3ccc(C)c(F)c3)CC2)CC1. The summed E-state index contributed by atoms with van der Waals surface area (Å²) < 4.78 is 18.9. The molecule has 2 fully saturated rings. The van der Waals surface area contributed by atoms with E-state index in [-0.39, 0.29) is 5.82 Å². The molecule has 0 bridgehead atoms. The summed E-state index contributed by atoms with van der Waals surface area (Å²) in [5.41, 5.74) is 1.97. The zero-order valence-electron chi connectivity index (χ0n) is 15.8. The Labute approximate surface area is 152 Å². The van der Waals surface area contributed by atoms with Crippen molar-refractivity contribution >= 4 is 0 Å². The van der Waals surface area contributed by atoms with Crippen molar-refractivity contribution in [3.05, 3.63) is 47.3 Å². The summed E-state index contributed by atoms with van der Waals surface area (Å²) in [6.07, 6.45) is 15.1. The van der Waals surface area contributed by atoms with Gasteiger partial charge in [0.05, 0.1) is 6.61 Å². The van der Waals surface area contributed by atoms with Crippen molar-refractivity contribution in [1.29, 1.82) is 0 Å². The van der Waals surface area contributed by atoms with E-state index in [1.807, 2.05) is 13.0 Å². The summed E-state index contributed by atoms with van der Waals surface area (Å²) in [4.78, 5) is 0. The van der Waals surface area contributed by atoms with Crippen LogP contribution in [0.3, 0.4) is 0 Å². The van der Waals surface area contributed by atoms with Crippen LogP contribution in [-0.4, -0.2) is 13.7 Å². The standard InChI is InChI=1S/C23H33FO/c1-17-5-8-22(16-23(17)24)21-13-11-20(12-14-21)19-9-6-18(7-10-19)4-3-15-25-2/h3-5,8,16,18-21H,6-7,9-15H2,1-2H3/t18-,19-,20-,21-. The predicted octanol–water partition coefficient (Wildman–Crippen LogP) is 6.42. The monoisotopic (exact) mass is 344 g/mol. The molecule has 1 aromatic carbocycles. The van der Waals surface area contributed by atoms with E-state index in [0.29, 0.717) is 5.92 Å². The number of ether oxygens (including phenoxy) is 1. The largest absolute Gasteiger partial charge is 0.381 e. The summed E-state index contributed by atoms with van der Waals surface area (Å²) in [6.45, 7) is 2.58. The summed E-state index contributed by atoms with van der Waals surface area (Å²) in [5.74, 6) is 3.11. The number of halogens is 1. The van der Waals surface area contributed by atoms with Gasteiger partial charge in [0.2, 0.25) is 0 Å². The average Bonchev–Trinajstić information content (AvgIpc) is 2.65. The van der Waals surface area contributed by atoms with Crippen molar-refractivity contribution in [3.8, 4) is 0 Å². The zero-order valence-corrected chi connectivity index (χ0v) is 15.8. The average molecular weight is 345 g/mol. The van der Waals surface area contributed by atoms with Crippen LogP contribution in [0.4, 0.5) is 4.39 Å². The highest BCUT2D eigenvalue weighted by Gasteiger charge is 2.30. The van der Waals surface area contributed by atoms with Gasteiger partial charge in [-0.25, -0.2) is 4.39 Å². The lowest BCUT2D eigenvalue weighted by Crippen LogP contribution is -2.25. The van der Waals surface area contributed by atoms with Gasteiger partial charge in [-0.15, -0.1) is 0 Å². The Hall–Kier alpha value is -1.15. The number of hydrogen-bond donors (Lipinski definition) is 0. The first kappa shape index (κ1) is 18.6. The molecule has 2 saturated carbocycles. The molecular weight excluding hydrogens is 311 g/mol. The quantitative estimate of drug-likeness (QED) is 0.560. The maximum absolute atomic E-state index is 13.8. The lowest BCUT2D eigenvalue weighted by Gasteiger charge is -2.37. The minimum Gasteiger partial charge on any atom is -0.381 e. The molecule has 0 unspecified atom stereocenters. The van der Waals surface area contributed by atoms with Crippen LogP contribution in [0.2, 0.25) is 0 Å². The molecule has 1 nitrogen and oxygen atoms in total. The van der Waals surface area contributed by atoms with Gasteiger partial charge < -0.3 is 4.74 Å². The van der Waals surface area contributed by atoms with Crippen LogP contribution in [0.5, 0.6) is 0 Å². The van der Waals surface area contributed by atoms with E-state index >= 15 is 0 Å². The first-order valence-electron chi connectivity index (χ1n) is 10.1. The predicted molar refractivity (Wildman–Crippen MR) is 102 cm³/mol. The van der Waals surface area contributed by atoms with Crippen molar-refractivity contribution in [2.75, 3.05) is 13.7 Å². The van der Waals surface area contributed by atoms with Crippen LogP contribution in [0.25, 0.3) is 0 Å².